The summed E-state index contributed by atoms with van der Waals surface area (Å²) in [7, 11) is 1.67. The van der Waals surface area contributed by atoms with Gasteiger partial charge < -0.3 is 9.88 Å². The van der Waals surface area contributed by atoms with Crippen LogP contribution in [-0.2, 0) is 19.6 Å². The number of carbonyl (C=O) groups is 1. The number of hydrogen-bond acceptors (Lipinski definition) is 5. The average molecular weight is 456 g/mol. The number of fused-ring (bicyclic) bond motifs is 2. The summed E-state index contributed by atoms with van der Waals surface area (Å²) in [4.78, 5) is 27.1. The van der Waals surface area contributed by atoms with Crippen LogP contribution in [-0.4, -0.2) is 51.7 Å². The Hall–Kier alpha value is -3.70. The standard InChI is InChI=1S/C21H19F3N8O/c1-30-19(27-18(29-30)11-4-5-11)20(33)31-8-6-13-16(26-10-25-13)17(31)14-9-15-12(21(22,23)24)3-2-7-32(15)28-14/h2-3,7,9-11,17H,4-6,8H2,1H3,(H,25,26)/t17-/m1/s1. The van der Waals surface area contributed by atoms with Gasteiger partial charge in [0.1, 0.15) is 6.04 Å². The van der Waals surface area contributed by atoms with E-state index in [1.54, 1.807) is 11.9 Å². The highest BCUT2D eigenvalue weighted by atomic mass is 19.4. The Morgan fingerprint density at radius 2 is 2.06 bits per heavy atom. The van der Waals surface area contributed by atoms with Gasteiger partial charge in [-0.15, -0.1) is 0 Å². The fourth-order valence-corrected chi connectivity index (χ4v) is 4.44. The van der Waals surface area contributed by atoms with E-state index in [1.807, 2.05) is 0 Å². The zero-order chi connectivity index (χ0) is 22.9. The van der Waals surface area contributed by atoms with Gasteiger partial charge in [0.2, 0.25) is 5.82 Å². The van der Waals surface area contributed by atoms with Gasteiger partial charge in [-0.05, 0) is 31.0 Å². The van der Waals surface area contributed by atoms with Gasteiger partial charge in [-0.25, -0.2) is 19.2 Å². The van der Waals surface area contributed by atoms with Crippen LogP contribution in [0.2, 0.25) is 0 Å². The van der Waals surface area contributed by atoms with E-state index in [0.29, 0.717) is 30.2 Å². The van der Waals surface area contributed by atoms with E-state index < -0.39 is 17.8 Å². The summed E-state index contributed by atoms with van der Waals surface area (Å²) in [5.41, 5.74) is 0.828. The lowest BCUT2D eigenvalue weighted by Gasteiger charge is -2.33. The zero-order valence-corrected chi connectivity index (χ0v) is 17.5. The Bertz CT molecular complexity index is 1380. The number of pyridine rings is 1. The summed E-state index contributed by atoms with van der Waals surface area (Å²) in [6.45, 7) is 0.338. The summed E-state index contributed by atoms with van der Waals surface area (Å²) in [5.74, 6) is 0.772. The maximum Gasteiger partial charge on any atom is 0.418 e. The predicted molar refractivity (Wildman–Crippen MR) is 108 cm³/mol. The number of nitrogens with zero attached hydrogens (tertiary/aromatic N) is 7. The van der Waals surface area contributed by atoms with Gasteiger partial charge in [-0.2, -0.15) is 23.4 Å². The van der Waals surface area contributed by atoms with Crippen LogP contribution in [0.1, 0.15) is 63.9 Å². The van der Waals surface area contributed by atoms with Gasteiger partial charge in [0.05, 0.1) is 28.8 Å². The van der Waals surface area contributed by atoms with Crippen LogP contribution in [0.15, 0.2) is 30.7 Å². The first-order chi connectivity index (χ1) is 15.8. The van der Waals surface area contributed by atoms with Crippen LogP contribution >= 0.6 is 0 Å². The molecule has 1 N–H and O–H groups in total. The Morgan fingerprint density at radius 3 is 2.82 bits per heavy atom. The maximum atomic E-state index is 13.6. The van der Waals surface area contributed by atoms with Gasteiger partial charge >= 0.3 is 6.18 Å². The lowest BCUT2D eigenvalue weighted by Crippen LogP contribution is -2.42. The summed E-state index contributed by atoms with van der Waals surface area (Å²) in [5, 5.41) is 8.79. The highest BCUT2D eigenvalue weighted by Crippen LogP contribution is 2.39. The van der Waals surface area contributed by atoms with Crippen molar-refractivity contribution in [3.8, 4) is 0 Å². The normalized spacial score (nSPS) is 18.7. The molecule has 9 nitrogen and oxygen atoms in total. The van der Waals surface area contributed by atoms with Crippen molar-refractivity contribution in [3.63, 3.8) is 0 Å². The Labute approximate surface area is 185 Å². The van der Waals surface area contributed by atoms with Crippen LogP contribution in [0.4, 0.5) is 13.2 Å². The lowest BCUT2D eigenvalue weighted by molar-refractivity contribution is -0.136. The van der Waals surface area contributed by atoms with Crippen molar-refractivity contribution in [2.75, 3.05) is 6.54 Å². The number of aromatic nitrogens is 7. The molecule has 170 valence electrons. The van der Waals surface area contributed by atoms with Crippen molar-refractivity contribution in [2.24, 2.45) is 7.05 Å². The fourth-order valence-electron chi connectivity index (χ4n) is 4.44. The molecule has 0 saturated heterocycles. The number of aromatic amines is 1. The van der Waals surface area contributed by atoms with Gasteiger partial charge in [0, 0.05) is 37.8 Å². The first-order valence-electron chi connectivity index (χ1n) is 10.6. The molecular formula is C21H19F3N8O. The first kappa shape index (κ1) is 19.9. The molecule has 6 rings (SSSR count). The third kappa shape index (κ3) is 3.19. The number of nitrogens with one attached hydrogen (secondary N) is 1. The molecule has 1 amide bonds. The molecule has 33 heavy (non-hydrogen) atoms. The highest BCUT2D eigenvalue weighted by molar-refractivity contribution is 5.91. The topological polar surface area (TPSA) is 97.0 Å². The van der Waals surface area contributed by atoms with Crippen LogP contribution in [0, 0.1) is 0 Å². The first-order valence-corrected chi connectivity index (χ1v) is 10.6. The van der Waals surface area contributed by atoms with E-state index >= 15 is 0 Å². The molecule has 12 heteroatoms. The van der Waals surface area contributed by atoms with Gasteiger partial charge in [-0.3, -0.25) is 4.79 Å². The van der Waals surface area contributed by atoms with Crippen LogP contribution in [0.3, 0.4) is 0 Å². The van der Waals surface area contributed by atoms with Crippen molar-refractivity contribution in [1.29, 1.82) is 0 Å². The molecule has 4 aromatic heterocycles. The Balaban J connectivity index is 1.46. The van der Waals surface area contributed by atoms with E-state index in [4.69, 9.17) is 0 Å². The lowest BCUT2D eigenvalue weighted by atomic mass is 9.99. The minimum Gasteiger partial charge on any atom is -0.348 e. The van der Waals surface area contributed by atoms with Crippen molar-refractivity contribution in [1.82, 2.24) is 39.2 Å². The van der Waals surface area contributed by atoms with Gasteiger partial charge in [0.15, 0.2) is 5.82 Å². The second kappa shape index (κ2) is 6.90. The molecule has 0 aromatic carbocycles. The highest BCUT2D eigenvalue weighted by Gasteiger charge is 2.40. The largest absolute Gasteiger partial charge is 0.418 e. The number of rotatable bonds is 3. The number of amides is 1. The van der Waals surface area contributed by atoms with Crippen LogP contribution < -0.4 is 0 Å². The minimum atomic E-state index is -4.53. The molecule has 1 aliphatic heterocycles. The molecule has 1 saturated carbocycles. The SMILES string of the molecule is Cn1nc(C2CC2)nc1C(=O)N1CCc2[nH]cnc2[C@H]1c1cc2c(C(F)(F)F)cccn2n1. The molecule has 2 aliphatic rings. The van der Waals surface area contributed by atoms with Gasteiger partial charge in [-0.1, -0.05) is 0 Å². The molecule has 1 atom stereocenters. The maximum absolute atomic E-state index is 13.6. The minimum absolute atomic E-state index is 0.0789. The van der Waals surface area contributed by atoms with E-state index in [9.17, 15) is 18.0 Å². The summed E-state index contributed by atoms with van der Waals surface area (Å²) in [6.07, 6.45) is 0.991. The molecule has 4 aromatic rings. The van der Waals surface area contributed by atoms with Crippen LogP contribution in [0.25, 0.3) is 5.52 Å². The summed E-state index contributed by atoms with van der Waals surface area (Å²) < 4.78 is 43.3. The number of H-pyrrole nitrogens is 1. The molecule has 0 spiro atoms. The van der Waals surface area contributed by atoms with Crippen molar-refractivity contribution >= 4 is 11.4 Å². The third-order valence-electron chi connectivity index (χ3n) is 6.21. The monoisotopic (exact) mass is 456 g/mol. The predicted octanol–water partition coefficient (Wildman–Crippen LogP) is 2.87. The number of aryl methyl sites for hydroxylation is 1. The van der Waals surface area contributed by atoms with Gasteiger partial charge in [0.25, 0.3) is 5.91 Å². The zero-order valence-electron chi connectivity index (χ0n) is 17.5. The second-order valence-corrected chi connectivity index (χ2v) is 8.43. The van der Waals surface area contributed by atoms with E-state index in [2.05, 4.69) is 25.1 Å². The van der Waals surface area contributed by atoms with E-state index in [0.717, 1.165) is 24.6 Å². The van der Waals surface area contributed by atoms with Crippen molar-refractivity contribution in [3.05, 3.63) is 65.0 Å². The Kier molecular flexibility index (Phi) is 4.17. The average Bonchev–Trinajstić information content (AvgIpc) is 3.18. The second-order valence-electron chi connectivity index (χ2n) is 8.43. The molecule has 0 unspecified atom stereocenters. The number of hydrogen-bond donors (Lipinski definition) is 1. The molecule has 0 radical (unpaired) electrons. The molecule has 5 heterocycles. The third-order valence-corrected chi connectivity index (χ3v) is 6.21. The summed E-state index contributed by atoms with van der Waals surface area (Å²) in [6, 6.07) is 2.94. The number of imidazole rings is 1. The fraction of sp³-hybridized carbons (Fsp3) is 0.381. The number of carbonyl (C=O) groups excluding carboxylic acids is 1. The number of alkyl halides is 3. The quantitative estimate of drug-likeness (QED) is 0.511. The van der Waals surface area contributed by atoms with Crippen molar-refractivity contribution in [2.45, 2.75) is 37.4 Å². The van der Waals surface area contributed by atoms with Crippen LogP contribution in [0.5, 0.6) is 0 Å². The molecule has 1 aliphatic carbocycles. The van der Waals surface area contributed by atoms with Crippen molar-refractivity contribution < 1.29 is 18.0 Å². The molecule has 0 bridgehead atoms. The van der Waals surface area contributed by atoms with E-state index in [1.165, 1.54) is 33.9 Å². The number of halogens is 3. The summed E-state index contributed by atoms with van der Waals surface area (Å²) >= 11 is 0. The molecular weight excluding hydrogens is 437 g/mol. The van der Waals surface area contributed by atoms with E-state index in [-0.39, 0.29) is 23.2 Å². The Morgan fingerprint density at radius 1 is 1.24 bits per heavy atom. The molecule has 1 fully saturated rings. The smallest absolute Gasteiger partial charge is 0.348 e.